The molecule has 1 aromatic heterocycles. The number of hydrogen-bond acceptors (Lipinski definition) is 5. The van der Waals surface area contributed by atoms with Crippen molar-refractivity contribution in [3.63, 3.8) is 0 Å². The summed E-state index contributed by atoms with van der Waals surface area (Å²) in [6.07, 6.45) is -0.973. The molecule has 1 amide bonds. The molecule has 0 saturated heterocycles. The van der Waals surface area contributed by atoms with Crippen molar-refractivity contribution < 1.29 is 13.9 Å². The van der Waals surface area contributed by atoms with Gasteiger partial charge in [-0.1, -0.05) is 11.6 Å². The maximum atomic E-state index is 13.0. The largest absolute Gasteiger partial charge is 0.479 e. The van der Waals surface area contributed by atoms with Crippen molar-refractivity contribution >= 4 is 23.5 Å². The van der Waals surface area contributed by atoms with Crippen LogP contribution < -0.4 is 10.1 Å². The molecule has 0 aliphatic rings. The van der Waals surface area contributed by atoms with Crippen molar-refractivity contribution in [3.05, 3.63) is 40.4 Å². The Kier molecular flexibility index (Phi) is 4.79. The lowest BCUT2D eigenvalue weighted by molar-refractivity contribution is -0.122. The molecule has 116 valence electrons. The number of rotatable bonds is 4. The number of aromatic amines is 1. The minimum atomic E-state index is -0.973. The van der Waals surface area contributed by atoms with Gasteiger partial charge in [0.25, 0.3) is 5.91 Å². The maximum Gasteiger partial charge on any atom is 0.267 e. The van der Waals surface area contributed by atoms with E-state index in [1.54, 1.807) is 12.1 Å². The number of amides is 1. The third kappa shape index (κ3) is 3.76. The lowest BCUT2D eigenvalue weighted by Gasteiger charge is -2.14. The first-order chi connectivity index (χ1) is 10.9. The smallest absolute Gasteiger partial charge is 0.267 e. The van der Waals surface area contributed by atoms with Gasteiger partial charge in [-0.25, -0.2) is 9.37 Å². The quantitative estimate of drug-likeness (QED) is 0.891. The van der Waals surface area contributed by atoms with Crippen molar-refractivity contribution in [2.24, 2.45) is 0 Å². The molecule has 7 nitrogen and oxygen atoms in total. The van der Waals surface area contributed by atoms with Crippen LogP contribution in [0.15, 0.2) is 18.2 Å². The first-order valence-electron chi connectivity index (χ1n) is 6.27. The standard InChI is InChI=1S/C14H9ClFN5O2/c1-7(23-12-3-2-8(16)4-9(12)15)13(22)21-14-19-10(5-17)11(6-18)20-14/h2-4,7H,1H3,(H2,19,20,21,22). The zero-order chi connectivity index (χ0) is 17.0. The second-order valence-electron chi connectivity index (χ2n) is 4.36. The van der Waals surface area contributed by atoms with Gasteiger partial charge in [-0.15, -0.1) is 0 Å². The van der Waals surface area contributed by atoms with Gasteiger partial charge in [-0.3, -0.25) is 10.1 Å². The van der Waals surface area contributed by atoms with E-state index in [0.29, 0.717) is 0 Å². The molecule has 1 atom stereocenters. The van der Waals surface area contributed by atoms with Gasteiger partial charge in [0.1, 0.15) is 23.7 Å². The Hall–Kier alpha value is -3.10. The van der Waals surface area contributed by atoms with Crippen molar-refractivity contribution in [1.82, 2.24) is 9.97 Å². The van der Waals surface area contributed by atoms with Gasteiger partial charge in [0.05, 0.1) is 5.02 Å². The van der Waals surface area contributed by atoms with Crippen LogP contribution in [0.1, 0.15) is 18.3 Å². The summed E-state index contributed by atoms with van der Waals surface area (Å²) < 4.78 is 18.3. The lowest BCUT2D eigenvalue weighted by atomic mass is 10.3. The predicted molar refractivity (Wildman–Crippen MR) is 78.1 cm³/mol. The fourth-order valence-corrected chi connectivity index (χ4v) is 1.84. The molecular weight excluding hydrogens is 325 g/mol. The topological polar surface area (TPSA) is 115 Å². The average molecular weight is 334 g/mol. The maximum absolute atomic E-state index is 13.0. The summed E-state index contributed by atoms with van der Waals surface area (Å²) >= 11 is 5.81. The van der Waals surface area contributed by atoms with Crippen LogP contribution in [-0.2, 0) is 4.79 Å². The number of nitriles is 2. The minimum absolute atomic E-state index is 0.0289. The average Bonchev–Trinajstić information content (AvgIpc) is 2.91. The van der Waals surface area contributed by atoms with Crippen LogP contribution in [0.5, 0.6) is 5.75 Å². The highest BCUT2D eigenvalue weighted by Gasteiger charge is 2.19. The zero-order valence-electron chi connectivity index (χ0n) is 11.7. The van der Waals surface area contributed by atoms with Gasteiger partial charge in [0, 0.05) is 0 Å². The van der Waals surface area contributed by atoms with Crippen LogP contribution in [0, 0.1) is 28.5 Å². The van der Waals surface area contributed by atoms with Crippen LogP contribution in [0.3, 0.4) is 0 Å². The van der Waals surface area contributed by atoms with Crippen LogP contribution >= 0.6 is 11.6 Å². The van der Waals surface area contributed by atoms with Crippen molar-refractivity contribution in [2.45, 2.75) is 13.0 Å². The molecular formula is C14H9ClFN5O2. The molecule has 2 rings (SSSR count). The first-order valence-corrected chi connectivity index (χ1v) is 6.65. The highest BCUT2D eigenvalue weighted by molar-refractivity contribution is 6.32. The van der Waals surface area contributed by atoms with Crippen molar-refractivity contribution in [1.29, 1.82) is 10.5 Å². The van der Waals surface area contributed by atoms with E-state index in [2.05, 4.69) is 15.3 Å². The Labute approximate surface area is 135 Å². The summed E-state index contributed by atoms with van der Waals surface area (Å²) in [4.78, 5) is 18.3. The fraction of sp³-hybridized carbons (Fsp3) is 0.143. The molecule has 2 aromatic rings. The summed E-state index contributed by atoms with van der Waals surface area (Å²) in [6, 6.07) is 6.98. The number of ether oxygens (including phenoxy) is 1. The number of halogens is 2. The van der Waals surface area contributed by atoms with Crippen molar-refractivity contribution in [3.8, 4) is 17.9 Å². The molecule has 1 unspecified atom stereocenters. The molecule has 1 aromatic carbocycles. The van der Waals surface area contributed by atoms with Gasteiger partial charge in [0.2, 0.25) is 5.95 Å². The second-order valence-corrected chi connectivity index (χ2v) is 4.76. The number of benzene rings is 1. The number of carbonyl (C=O) groups excluding carboxylic acids is 1. The Morgan fingerprint density at radius 2 is 2.22 bits per heavy atom. The number of nitrogens with zero attached hydrogens (tertiary/aromatic N) is 3. The van der Waals surface area contributed by atoms with Crippen LogP contribution in [0.2, 0.25) is 5.02 Å². The summed E-state index contributed by atoms with van der Waals surface area (Å²) in [5.74, 6) is -1.02. The number of H-pyrrole nitrogens is 1. The Morgan fingerprint density at radius 1 is 1.48 bits per heavy atom. The van der Waals surface area contributed by atoms with Gasteiger partial charge in [0.15, 0.2) is 17.5 Å². The van der Waals surface area contributed by atoms with Gasteiger partial charge >= 0.3 is 0 Å². The molecule has 0 fully saturated rings. The molecule has 0 spiro atoms. The van der Waals surface area contributed by atoms with Crippen molar-refractivity contribution in [2.75, 3.05) is 5.32 Å². The molecule has 9 heteroatoms. The van der Waals surface area contributed by atoms with Gasteiger partial charge in [-0.05, 0) is 25.1 Å². The van der Waals surface area contributed by atoms with Crippen LogP contribution in [0.4, 0.5) is 10.3 Å². The highest BCUT2D eigenvalue weighted by Crippen LogP contribution is 2.26. The fourth-order valence-electron chi connectivity index (χ4n) is 1.63. The lowest BCUT2D eigenvalue weighted by Crippen LogP contribution is -2.30. The van der Waals surface area contributed by atoms with E-state index in [0.717, 1.165) is 12.1 Å². The Balaban J connectivity index is 2.07. The molecule has 0 bridgehead atoms. The van der Waals surface area contributed by atoms with E-state index >= 15 is 0 Å². The second kappa shape index (κ2) is 6.77. The highest BCUT2D eigenvalue weighted by atomic mass is 35.5. The normalized spacial score (nSPS) is 11.2. The number of carbonyl (C=O) groups is 1. The monoisotopic (exact) mass is 333 g/mol. The Morgan fingerprint density at radius 3 is 2.78 bits per heavy atom. The summed E-state index contributed by atoms with van der Waals surface area (Å²) in [5, 5.41) is 20.0. The molecule has 0 aliphatic carbocycles. The number of anilines is 1. The van der Waals surface area contributed by atoms with Crippen LogP contribution in [0.25, 0.3) is 0 Å². The summed E-state index contributed by atoms with van der Waals surface area (Å²) in [6.45, 7) is 1.45. The van der Waals surface area contributed by atoms with E-state index in [1.807, 2.05) is 0 Å². The van der Waals surface area contributed by atoms with E-state index in [-0.39, 0.29) is 28.1 Å². The van der Waals surface area contributed by atoms with E-state index in [1.165, 1.54) is 13.0 Å². The van der Waals surface area contributed by atoms with Gasteiger partial charge < -0.3 is 9.72 Å². The first kappa shape index (κ1) is 16.3. The third-order valence-corrected chi connectivity index (χ3v) is 3.03. The third-order valence-electron chi connectivity index (χ3n) is 2.73. The van der Waals surface area contributed by atoms with Crippen LogP contribution in [-0.4, -0.2) is 22.0 Å². The summed E-state index contributed by atoms with van der Waals surface area (Å²) in [5.41, 5.74) is -0.184. The molecule has 23 heavy (non-hydrogen) atoms. The molecule has 0 radical (unpaired) electrons. The number of hydrogen-bond donors (Lipinski definition) is 2. The van der Waals surface area contributed by atoms with E-state index in [9.17, 15) is 9.18 Å². The molecule has 1 heterocycles. The minimum Gasteiger partial charge on any atom is -0.479 e. The number of nitrogens with one attached hydrogen (secondary N) is 2. The van der Waals surface area contributed by atoms with E-state index in [4.69, 9.17) is 26.9 Å². The van der Waals surface area contributed by atoms with E-state index < -0.39 is 17.8 Å². The van der Waals surface area contributed by atoms with Gasteiger partial charge in [-0.2, -0.15) is 10.5 Å². The predicted octanol–water partition coefficient (Wildman–Crippen LogP) is 2.35. The number of aromatic nitrogens is 2. The zero-order valence-corrected chi connectivity index (χ0v) is 12.5. The molecule has 2 N–H and O–H groups in total. The summed E-state index contributed by atoms with van der Waals surface area (Å²) in [7, 11) is 0. The number of imidazole rings is 1. The molecule has 0 aliphatic heterocycles. The SMILES string of the molecule is CC(Oc1ccc(F)cc1Cl)C(=O)Nc1nc(C#N)c(C#N)[nH]1. The Bertz CT molecular complexity index is 805. The molecule has 0 saturated carbocycles.